The van der Waals surface area contributed by atoms with E-state index < -0.39 is 0 Å². The van der Waals surface area contributed by atoms with Crippen LogP contribution in [0.25, 0.3) is 0 Å². The van der Waals surface area contributed by atoms with E-state index in [1.165, 1.54) is 12.8 Å². The molecule has 0 unspecified atom stereocenters. The molecule has 0 heterocycles. The predicted octanol–water partition coefficient (Wildman–Crippen LogP) is 2.91. The standard InChI is InChI=1S/C13H12ClNO/c14-10-6-7-12(15)11(8-10)13(16)3-1-2-9-4-5-9/h6-9H,3-5,15H2. The molecular weight excluding hydrogens is 222 g/mol. The summed E-state index contributed by atoms with van der Waals surface area (Å²) in [6, 6.07) is 4.91. The van der Waals surface area contributed by atoms with Crippen molar-refractivity contribution in [2.75, 3.05) is 5.73 Å². The van der Waals surface area contributed by atoms with E-state index in [2.05, 4.69) is 11.8 Å². The lowest BCUT2D eigenvalue weighted by atomic mass is 10.1. The largest absolute Gasteiger partial charge is 0.398 e. The summed E-state index contributed by atoms with van der Waals surface area (Å²) in [6.45, 7) is 0. The van der Waals surface area contributed by atoms with Gasteiger partial charge in [0.1, 0.15) is 0 Å². The zero-order valence-electron chi connectivity index (χ0n) is 8.79. The molecule has 0 aliphatic heterocycles. The van der Waals surface area contributed by atoms with E-state index in [-0.39, 0.29) is 12.2 Å². The number of Topliss-reactive ketones (excluding diaryl/α,β-unsaturated/α-hetero) is 1. The molecule has 1 aromatic carbocycles. The molecule has 2 rings (SSSR count). The van der Waals surface area contributed by atoms with Crippen LogP contribution < -0.4 is 5.73 Å². The highest BCUT2D eigenvalue weighted by molar-refractivity contribution is 6.31. The maximum absolute atomic E-state index is 11.8. The Balaban J connectivity index is 2.08. The minimum Gasteiger partial charge on any atom is -0.398 e. The number of rotatable bonds is 2. The number of ketones is 1. The topological polar surface area (TPSA) is 43.1 Å². The first-order chi connectivity index (χ1) is 7.66. The van der Waals surface area contributed by atoms with Crippen LogP contribution in [0.15, 0.2) is 18.2 Å². The number of hydrogen-bond acceptors (Lipinski definition) is 2. The first-order valence-electron chi connectivity index (χ1n) is 5.23. The second-order valence-electron chi connectivity index (χ2n) is 3.93. The maximum Gasteiger partial charge on any atom is 0.176 e. The fraction of sp³-hybridized carbons (Fsp3) is 0.308. The molecule has 0 amide bonds. The lowest BCUT2D eigenvalue weighted by Gasteiger charge is -2.02. The molecule has 1 aromatic rings. The second-order valence-corrected chi connectivity index (χ2v) is 4.36. The van der Waals surface area contributed by atoms with Crippen molar-refractivity contribution in [3.05, 3.63) is 28.8 Å². The summed E-state index contributed by atoms with van der Waals surface area (Å²) in [5, 5.41) is 0.521. The van der Waals surface area contributed by atoms with Crippen LogP contribution in [-0.2, 0) is 0 Å². The van der Waals surface area contributed by atoms with Crippen molar-refractivity contribution in [3.63, 3.8) is 0 Å². The lowest BCUT2D eigenvalue weighted by molar-refractivity contribution is 0.0999. The first kappa shape index (κ1) is 11.0. The van der Waals surface area contributed by atoms with Gasteiger partial charge in [-0.1, -0.05) is 23.4 Å². The fourth-order valence-corrected chi connectivity index (χ4v) is 1.54. The minimum atomic E-state index is -0.0619. The number of carbonyl (C=O) groups excluding carboxylic acids is 1. The van der Waals surface area contributed by atoms with Crippen molar-refractivity contribution in [2.45, 2.75) is 19.3 Å². The molecule has 0 aromatic heterocycles. The third-order valence-electron chi connectivity index (χ3n) is 2.45. The number of hydrogen-bond donors (Lipinski definition) is 1. The van der Waals surface area contributed by atoms with Gasteiger partial charge in [0, 0.05) is 22.2 Å². The number of anilines is 1. The van der Waals surface area contributed by atoms with Crippen LogP contribution in [0, 0.1) is 17.8 Å². The predicted molar refractivity (Wildman–Crippen MR) is 65.3 cm³/mol. The molecule has 82 valence electrons. The molecule has 2 N–H and O–H groups in total. The Morgan fingerprint density at radius 1 is 1.50 bits per heavy atom. The van der Waals surface area contributed by atoms with Crippen molar-refractivity contribution in [1.29, 1.82) is 0 Å². The van der Waals surface area contributed by atoms with Crippen LogP contribution >= 0.6 is 11.6 Å². The van der Waals surface area contributed by atoms with Crippen LogP contribution in [-0.4, -0.2) is 5.78 Å². The van der Waals surface area contributed by atoms with Crippen LogP contribution in [0.5, 0.6) is 0 Å². The van der Waals surface area contributed by atoms with Gasteiger partial charge in [-0.15, -0.1) is 0 Å². The first-order valence-corrected chi connectivity index (χ1v) is 5.61. The number of nitrogens with two attached hydrogens (primary N) is 1. The third-order valence-corrected chi connectivity index (χ3v) is 2.68. The van der Waals surface area contributed by atoms with Gasteiger partial charge in [0.15, 0.2) is 5.78 Å². The van der Waals surface area contributed by atoms with E-state index in [4.69, 9.17) is 17.3 Å². The second kappa shape index (κ2) is 4.59. The van der Waals surface area contributed by atoms with E-state index in [1.807, 2.05) is 0 Å². The highest BCUT2D eigenvalue weighted by Gasteiger charge is 2.17. The van der Waals surface area contributed by atoms with Gasteiger partial charge < -0.3 is 5.73 Å². The lowest BCUT2D eigenvalue weighted by Crippen LogP contribution is -2.02. The normalized spacial score (nSPS) is 14.1. The Hall–Kier alpha value is -1.46. The van der Waals surface area contributed by atoms with Crippen molar-refractivity contribution >= 4 is 23.1 Å². The maximum atomic E-state index is 11.8. The highest BCUT2D eigenvalue weighted by Crippen LogP contribution is 2.27. The Morgan fingerprint density at radius 2 is 2.25 bits per heavy atom. The van der Waals surface area contributed by atoms with Gasteiger partial charge in [0.25, 0.3) is 0 Å². The third kappa shape index (κ3) is 2.77. The average molecular weight is 234 g/mol. The van der Waals surface area contributed by atoms with Crippen LogP contribution in [0.4, 0.5) is 5.69 Å². The summed E-state index contributed by atoms with van der Waals surface area (Å²) in [6.07, 6.45) is 2.56. The smallest absolute Gasteiger partial charge is 0.176 e. The molecule has 1 fully saturated rings. The zero-order valence-corrected chi connectivity index (χ0v) is 9.55. The molecule has 0 saturated heterocycles. The number of benzene rings is 1. The number of nitrogen functional groups attached to an aromatic ring is 1. The summed E-state index contributed by atoms with van der Waals surface area (Å²) in [5.74, 6) is 6.40. The summed E-state index contributed by atoms with van der Waals surface area (Å²) in [5.41, 5.74) is 6.64. The molecule has 1 aliphatic carbocycles. The van der Waals surface area contributed by atoms with Crippen molar-refractivity contribution < 1.29 is 4.79 Å². The molecule has 3 heteroatoms. The molecule has 0 radical (unpaired) electrons. The van der Waals surface area contributed by atoms with Crippen LogP contribution in [0.3, 0.4) is 0 Å². The summed E-state index contributed by atoms with van der Waals surface area (Å²) in [7, 11) is 0. The Labute approximate surface area is 99.8 Å². The van der Waals surface area contributed by atoms with Gasteiger partial charge in [0.2, 0.25) is 0 Å². The van der Waals surface area contributed by atoms with E-state index in [0.29, 0.717) is 22.2 Å². The van der Waals surface area contributed by atoms with Crippen molar-refractivity contribution in [1.82, 2.24) is 0 Å². The molecule has 1 aliphatic rings. The van der Waals surface area contributed by atoms with Gasteiger partial charge in [-0.2, -0.15) is 0 Å². The van der Waals surface area contributed by atoms with Crippen molar-refractivity contribution in [3.8, 4) is 11.8 Å². The van der Waals surface area contributed by atoms with Crippen molar-refractivity contribution in [2.24, 2.45) is 5.92 Å². The van der Waals surface area contributed by atoms with Gasteiger partial charge >= 0.3 is 0 Å². The minimum absolute atomic E-state index is 0.0619. The van der Waals surface area contributed by atoms with Crippen LogP contribution in [0.1, 0.15) is 29.6 Å². The molecule has 1 saturated carbocycles. The summed E-state index contributed by atoms with van der Waals surface area (Å²) in [4.78, 5) is 11.8. The SMILES string of the molecule is Nc1ccc(Cl)cc1C(=O)CC#CC1CC1. The zero-order chi connectivity index (χ0) is 11.5. The van der Waals surface area contributed by atoms with Crippen LogP contribution in [0.2, 0.25) is 5.02 Å². The van der Waals surface area contributed by atoms with E-state index >= 15 is 0 Å². The summed E-state index contributed by atoms with van der Waals surface area (Å²) >= 11 is 5.81. The van der Waals surface area contributed by atoms with Gasteiger partial charge in [-0.05, 0) is 31.0 Å². The fourth-order valence-electron chi connectivity index (χ4n) is 1.37. The Kier molecular flexibility index (Phi) is 3.17. The van der Waals surface area contributed by atoms with Gasteiger partial charge in [-0.3, -0.25) is 4.79 Å². The average Bonchev–Trinajstić information content (AvgIpc) is 3.05. The van der Waals surface area contributed by atoms with E-state index in [9.17, 15) is 4.79 Å². The molecule has 2 nitrogen and oxygen atoms in total. The molecular formula is C13H12ClNO. The Bertz CT molecular complexity index is 480. The molecule has 16 heavy (non-hydrogen) atoms. The molecule has 0 bridgehead atoms. The van der Waals surface area contributed by atoms with E-state index in [0.717, 1.165) is 0 Å². The Morgan fingerprint density at radius 3 is 2.94 bits per heavy atom. The van der Waals surface area contributed by atoms with E-state index in [1.54, 1.807) is 18.2 Å². The number of carbonyl (C=O) groups is 1. The molecule has 0 atom stereocenters. The van der Waals surface area contributed by atoms with Gasteiger partial charge in [-0.25, -0.2) is 0 Å². The summed E-state index contributed by atoms with van der Waals surface area (Å²) < 4.78 is 0. The highest BCUT2D eigenvalue weighted by atomic mass is 35.5. The molecule has 0 spiro atoms. The quantitative estimate of drug-likeness (QED) is 0.485. The number of halogens is 1. The monoisotopic (exact) mass is 233 g/mol. The van der Waals surface area contributed by atoms with Gasteiger partial charge in [0.05, 0.1) is 6.42 Å².